The number of nitrogens with two attached hydrogens (primary N) is 1. The number of hydrogen-bond donors (Lipinski definition) is 1. The van der Waals surface area contributed by atoms with E-state index >= 15 is 0 Å². The van der Waals surface area contributed by atoms with Crippen molar-refractivity contribution in [1.82, 2.24) is 13.8 Å². The van der Waals surface area contributed by atoms with Crippen molar-refractivity contribution in [2.24, 2.45) is 18.7 Å². The molecular weight excluding hydrogens is 344 g/mol. The van der Waals surface area contributed by atoms with Crippen molar-refractivity contribution in [2.45, 2.75) is 30.6 Å². The molecule has 0 saturated carbocycles. The fourth-order valence-electron chi connectivity index (χ4n) is 3.61. The van der Waals surface area contributed by atoms with E-state index in [1.165, 1.54) is 21.1 Å². The number of amides is 2. The van der Waals surface area contributed by atoms with Crippen LogP contribution in [0.5, 0.6) is 0 Å². The average molecular weight is 368 g/mol. The van der Waals surface area contributed by atoms with Crippen LogP contribution in [0.25, 0.3) is 0 Å². The van der Waals surface area contributed by atoms with Crippen molar-refractivity contribution in [3.63, 3.8) is 0 Å². The number of nitrogens with zero attached hydrogens (tertiary/aromatic N) is 3. The predicted molar refractivity (Wildman–Crippen MR) is 91.2 cm³/mol. The lowest BCUT2D eigenvalue weighted by Crippen LogP contribution is -2.43. The first-order valence-corrected chi connectivity index (χ1v) is 10.00. The van der Waals surface area contributed by atoms with Gasteiger partial charge < -0.3 is 15.2 Å². The zero-order chi connectivity index (χ0) is 18.2. The van der Waals surface area contributed by atoms with Crippen molar-refractivity contribution in [3.8, 4) is 0 Å². The zero-order valence-electron chi connectivity index (χ0n) is 14.3. The minimum absolute atomic E-state index is 0.0631. The van der Waals surface area contributed by atoms with E-state index in [4.69, 9.17) is 5.73 Å². The van der Waals surface area contributed by atoms with Gasteiger partial charge in [-0.1, -0.05) is 0 Å². The first-order chi connectivity index (χ1) is 11.8. The summed E-state index contributed by atoms with van der Waals surface area (Å²) in [4.78, 5) is 25.7. The predicted octanol–water partition coefficient (Wildman–Crippen LogP) is 0.147. The van der Waals surface area contributed by atoms with Crippen LogP contribution in [0.4, 0.5) is 0 Å². The third-order valence-electron chi connectivity index (χ3n) is 5.09. The maximum absolute atomic E-state index is 12.8. The molecule has 8 nitrogen and oxygen atoms in total. The van der Waals surface area contributed by atoms with Crippen LogP contribution in [0.15, 0.2) is 17.2 Å². The van der Waals surface area contributed by atoms with Crippen molar-refractivity contribution >= 4 is 21.8 Å². The molecule has 9 heteroatoms. The van der Waals surface area contributed by atoms with E-state index in [1.807, 2.05) is 4.90 Å². The van der Waals surface area contributed by atoms with Gasteiger partial charge in [-0.2, -0.15) is 4.31 Å². The molecule has 138 valence electrons. The van der Waals surface area contributed by atoms with Gasteiger partial charge in [0.15, 0.2) is 0 Å². The Kier molecular flexibility index (Phi) is 4.88. The number of carbonyl (C=O) groups excluding carboxylic acids is 2. The van der Waals surface area contributed by atoms with Crippen LogP contribution >= 0.6 is 0 Å². The molecule has 0 unspecified atom stereocenters. The second-order valence-corrected chi connectivity index (χ2v) is 8.68. The minimum Gasteiger partial charge on any atom is -0.364 e. The Hall–Kier alpha value is -1.87. The van der Waals surface area contributed by atoms with E-state index in [0.717, 1.165) is 25.9 Å². The highest BCUT2D eigenvalue weighted by Gasteiger charge is 2.35. The van der Waals surface area contributed by atoms with Crippen LogP contribution in [0.2, 0.25) is 0 Å². The Labute approximate surface area is 147 Å². The molecule has 2 aliphatic heterocycles. The maximum atomic E-state index is 12.8. The molecule has 1 aromatic heterocycles. The smallest absolute Gasteiger partial charge is 0.265 e. The summed E-state index contributed by atoms with van der Waals surface area (Å²) < 4.78 is 28.4. The molecule has 0 aliphatic carbocycles. The molecule has 0 aromatic carbocycles. The topological polar surface area (TPSA) is 106 Å². The second-order valence-electron chi connectivity index (χ2n) is 6.75. The van der Waals surface area contributed by atoms with Crippen molar-refractivity contribution in [2.75, 3.05) is 26.2 Å². The largest absolute Gasteiger partial charge is 0.364 e. The molecule has 2 aliphatic rings. The van der Waals surface area contributed by atoms with Crippen molar-refractivity contribution in [3.05, 3.63) is 18.0 Å². The number of piperidine rings is 1. The molecule has 2 N–H and O–H groups in total. The Balaban J connectivity index is 1.68. The number of rotatable bonds is 4. The number of hydrogen-bond acceptors (Lipinski definition) is 4. The Morgan fingerprint density at radius 3 is 2.24 bits per heavy atom. The monoisotopic (exact) mass is 368 g/mol. The van der Waals surface area contributed by atoms with Crippen LogP contribution in [0, 0.1) is 5.92 Å². The Morgan fingerprint density at radius 2 is 1.72 bits per heavy atom. The number of sulfonamides is 1. The highest BCUT2D eigenvalue weighted by Crippen LogP contribution is 2.27. The van der Waals surface area contributed by atoms with Crippen LogP contribution < -0.4 is 5.73 Å². The van der Waals surface area contributed by atoms with Crippen LogP contribution in [0.1, 0.15) is 36.2 Å². The van der Waals surface area contributed by atoms with Crippen molar-refractivity contribution in [1.29, 1.82) is 0 Å². The van der Waals surface area contributed by atoms with E-state index in [1.54, 1.807) is 7.05 Å². The summed E-state index contributed by atoms with van der Waals surface area (Å²) in [6.07, 6.45) is 4.56. The van der Waals surface area contributed by atoms with Gasteiger partial charge in [-0.3, -0.25) is 9.59 Å². The molecular formula is C16H24N4O4S. The molecule has 2 fully saturated rings. The number of likely N-dealkylation sites (tertiary alicyclic amines) is 1. The molecule has 2 amide bonds. The lowest BCUT2D eigenvalue weighted by atomic mass is 9.97. The first-order valence-electron chi connectivity index (χ1n) is 8.56. The van der Waals surface area contributed by atoms with Gasteiger partial charge in [0, 0.05) is 45.3 Å². The lowest BCUT2D eigenvalue weighted by molar-refractivity contribution is -0.135. The fourth-order valence-corrected chi connectivity index (χ4v) is 5.15. The quantitative estimate of drug-likeness (QED) is 0.816. The molecule has 0 radical (unpaired) electrons. The second kappa shape index (κ2) is 6.80. The van der Waals surface area contributed by atoms with E-state index in [2.05, 4.69) is 0 Å². The number of aromatic nitrogens is 1. The Bertz CT molecular complexity index is 772. The normalized spacial score (nSPS) is 20.1. The average Bonchev–Trinajstić information content (AvgIpc) is 3.24. The van der Waals surface area contributed by atoms with Gasteiger partial charge in [0.2, 0.25) is 15.9 Å². The summed E-state index contributed by atoms with van der Waals surface area (Å²) in [7, 11) is -2.10. The van der Waals surface area contributed by atoms with Gasteiger partial charge in [-0.15, -0.1) is 0 Å². The first kappa shape index (κ1) is 17.9. The molecule has 3 heterocycles. The molecule has 3 rings (SSSR count). The maximum Gasteiger partial charge on any atom is 0.265 e. The highest BCUT2D eigenvalue weighted by atomic mass is 32.2. The van der Waals surface area contributed by atoms with Gasteiger partial charge in [-0.05, 0) is 31.7 Å². The van der Waals surface area contributed by atoms with Crippen LogP contribution in [0.3, 0.4) is 0 Å². The van der Waals surface area contributed by atoms with Gasteiger partial charge >= 0.3 is 0 Å². The molecule has 0 bridgehead atoms. The summed E-state index contributed by atoms with van der Waals surface area (Å²) in [5, 5.41) is 0. The summed E-state index contributed by atoms with van der Waals surface area (Å²) in [6.45, 7) is 2.26. The summed E-state index contributed by atoms with van der Waals surface area (Å²) in [5.74, 6) is -0.606. The zero-order valence-corrected chi connectivity index (χ0v) is 15.2. The van der Waals surface area contributed by atoms with E-state index < -0.39 is 15.9 Å². The molecule has 2 saturated heterocycles. The SMILES string of the molecule is Cn1cc(S(=O)(=O)N2CCC(C(=O)N3CCCC3)CC2)cc1C(N)=O. The van der Waals surface area contributed by atoms with E-state index in [9.17, 15) is 18.0 Å². The van der Waals surface area contributed by atoms with Gasteiger partial charge in [0.1, 0.15) is 10.6 Å². The van der Waals surface area contributed by atoms with Crippen LogP contribution in [-0.2, 0) is 21.9 Å². The van der Waals surface area contributed by atoms with Gasteiger partial charge in [0.05, 0.1) is 0 Å². The van der Waals surface area contributed by atoms with Gasteiger partial charge in [-0.25, -0.2) is 8.42 Å². The van der Waals surface area contributed by atoms with Gasteiger partial charge in [0.25, 0.3) is 5.91 Å². The molecule has 25 heavy (non-hydrogen) atoms. The molecule has 1 aromatic rings. The number of carbonyl (C=O) groups is 2. The fraction of sp³-hybridized carbons (Fsp3) is 0.625. The third-order valence-corrected chi connectivity index (χ3v) is 6.95. The molecule has 0 spiro atoms. The number of aryl methyl sites for hydroxylation is 1. The standard InChI is InChI=1S/C16H24N4O4S/c1-18-11-13(10-14(18)15(17)21)25(23,24)20-8-4-12(5-9-20)16(22)19-6-2-3-7-19/h10-12H,2-9H2,1H3,(H2,17,21). The Morgan fingerprint density at radius 1 is 1.12 bits per heavy atom. The summed E-state index contributed by atoms with van der Waals surface area (Å²) >= 11 is 0. The minimum atomic E-state index is -3.69. The van der Waals surface area contributed by atoms with Crippen molar-refractivity contribution < 1.29 is 18.0 Å². The summed E-state index contributed by atoms with van der Waals surface area (Å²) in [6, 6.07) is 1.30. The van der Waals surface area contributed by atoms with E-state index in [0.29, 0.717) is 25.9 Å². The highest BCUT2D eigenvalue weighted by molar-refractivity contribution is 7.89. The number of primary amides is 1. The molecule has 0 atom stereocenters. The van der Waals surface area contributed by atoms with Crippen LogP contribution in [-0.4, -0.2) is 60.2 Å². The summed E-state index contributed by atoms with van der Waals surface area (Å²) in [5.41, 5.74) is 5.40. The third kappa shape index (κ3) is 3.43. The van der Waals surface area contributed by atoms with E-state index in [-0.39, 0.29) is 22.4 Å². The lowest BCUT2D eigenvalue weighted by Gasteiger charge is -2.32.